The number of halogens is 1. The average molecular weight is 659 g/mol. The average Bonchev–Trinajstić information content (AvgIpc) is 3.41. The van der Waals surface area contributed by atoms with E-state index in [4.69, 9.17) is 0 Å². The summed E-state index contributed by atoms with van der Waals surface area (Å²) < 4.78 is 16.2. The van der Waals surface area contributed by atoms with Crippen LogP contribution in [-0.2, 0) is 11.2 Å². The number of hydrogen-bond donors (Lipinski definition) is 2. The van der Waals surface area contributed by atoms with E-state index in [1.807, 2.05) is 48.7 Å². The molecule has 5 aromatic rings. The molecule has 0 fully saturated rings. The van der Waals surface area contributed by atoms with Crippen molar-refractivity contribution in [3.05, 3.63) is 121 Å². The molecule has 5 rings (SSSR count). The molecule has 2 aromatic carbocycles. The number of nitrogens with zero attached hydrogens (tertiary/aromatic N) is 4. The number of pyridine rings is 2. The van der Waals surface area contributed by atoms with E-state index in [1.165, 1.54) is 17.0 Å². The summed E-state index contributed by atoms with van der Waals surface area (Å²) in [6.07, 6.45) is 0.546. The predicted octanol–water partition coefficient (Wildman–Crippen LogP) is 2.50. The van der Waals surface area contributed by atoms with Gasteiger partial charge in [0, 0.05) is 47.6 Å². The zero-order valence-corrected chi connectivity index (χ0v) is 29.2. The smallest absolute Gasteiger partial charge is 0.550 e. The van der Waals surface area contributed by atoms with Gasteiger partial charge in [0.05, 0.1) is 12.2 Å². The van der Waals surface area contributed by atoms with Crippen LogP contribution in [0.4, 0.5) is 16.0 Å². The molecule has 11 heteroatoms. The van der Waals surface area contributed by atoms with Crippen molar-refractivity contribution < 1.29 is 58.9 Å². The van der Waals surface area contributed by atoms with Crippen LogP contribution in [0.1, 0.15) is 55.3 Å². The molecule has 0 saturated heterocycles. The monoisotopic (exact) mass is 658 g/mol. The van der Waals surface area contributed by atoms with Crippen molar-refractivity contribution in [1.29, 1.82) is 0 Å². The van der Waals surface area contributed by atoms with Gasteiger partial charge in [-0.3, -0.25) is 4.79 Å². The van der Waals surface area contributed by atoms with E-state index in [-0.39, 0.29) is 54.9 Å². The maximum Gasteiger partial charge on any atom is 1.00 e. The Kier molecular flexibility index (Phi) is 12.8. The Labute approximate surface area is 301 Å². The summed E-state index contributed by atoms with van der Waals surface area (Å²) in [7, 11) is 0. The van der Waals surface area contributed by atoms with Crippen molar-refractivity contribution in [3.63, 3.8) is 0 Å². The van der Waals surface area contributed by atoms with Gasteiger partial charge in [-0.2, -0.15) is 0 Å². The second-order valence-corrected chi connectivity index (χ2v) is 11.6. The third kappa shape index (κ3) is 8.44. The maximum atomic E-state index is 15.1. The minimum Gasteiger partial charge on any atom is -0.550 e. The normalized spacial score (nSPS) is 12.3. The van der Waals surface area contributed by atoms with Gasteiger partial charge in [-0.1, -0.05) is 54.6 Å². The molecule has 242 valence electrons. The van der Waals surface area contributed by atoms with E-state index in [2.05, 4.69) is 9.97 Å². The number of amides is 1. The summed E-state index contributed by atoms with van der Waals surface area (Å²) in [6.45, 7) is 3.91. The quantitative estimate of drug-likeness (QED) is 0.186. The van der Waals surface area contributed by atoms with Gasteiger partial charge < -0.3 is 24.7 Å². The molecule has 0 aliphatic heterocycles. The standard InChI is InChI=1S/C37H37FN4O5.Na/c1-24(2)41-30(19-18-28(43)22-29(44)23-33(45)46)34(26-14-16-27(38)17-15-26)35(25-10-4-3-5-11-25)36(41)37(47)42(31-12-6-8-20-39-31)32-13-7-9-21-40-32;/h3-17,20-21,24,28-29,43-44H,18-19,22-23H2,1-2H3,(H,45,46);/q;+1/p-1/t28-,29-;/m1./s1. The van der Waals surface area contributed by atoms with E-state index in [9.17, 15) is 24.5 Å². The van der Waals surface area contributed by atoms with Gasteiger partial charge in [-0.15, -0.1) is 0 Å². The predicted molar refractivity (Wildman–Crippen MR) is 175 cm³/mol. The number of aliphatic hydroxyl groups excluding tert-OH is 2. The number of rotatable bonds is 13. The Hall–Kier alpha value is -4.19. The topological polar surface area (TPSA) is 132 Å². The van der Waals surface area contributed by atoms with Crippen LogP contribution >= 0.6 is 0 Å². The minimum absolute atomic E-state index is 0. The molecule has 0 spiro atoms. The third-order valence-corrected chi connectivity index (χ3v) is 7.84. The van der Waals surface area contributed by atoms with E-state index in [0.717, 1.165) is 5.56 Å². The second kappa shape index (κ2) is 16.8. The minimum atomic E-state index is -1.40. The molecule has 0 bridgehead atoms. The molecule has 48 heavy (non-hydrogen) atoms. The van der Waals surface area contributed by atoms with Gasteiger partial charge in [0.1, 0.15) is 23.1 Å². The zero-order valence-electron chi connectivity index (χ0n) is 27.2. The number of aromatic nitrogens is 3. The fourth-order valence-corrected chi connectivity index (χ4v) is 5.89. The fourth-order valence-electron chi connectivity index (χ4n) is 5.89. The van der Waals surface area contributed by atoms with Gasteiger partial charge in [0.2, 0.25) is 0 Å². The van der Waals surface area contributed by atoms with E-state index in [0.29, 0.717) is 39.7 Å². The Bertz CT molecular complexity index is 1760. The number of carbonyl (C=O) groups excluding carboxylic acids is 2. The van der Waals surface area contributed by atoms with Crippen LogP contribution in [0.2, 0.25) is 0 Å². The Morgan fingerprint density at radius 3 is 1.90 bits per heavy atom. The van der Waals surface area contributed by atoms with Crippen molar-refractivity contribution in [2.24, 2.45) is 0 Å². The number of hydrogen-bond acceptors (Lipinski definition) is 7. The van der Waals surface area contributed by atoms with Crippen LogP contribution < -0.4 is 39.6 Å². The van der Waals surface area contributed by atoms with Crippen LogP contribution in [0.25, 0.3) is 22.3 Å². The summed E-state index contributed by atoms with van der Waals surface area (Å²) in [5, 5.41) is 32.0. The number of aliphatic hydroxyl groups is 2. The number of anilines is 2. The molecule has 3 aromatic heterocycles. The van der Waals surface area contributed by atoms with Crippen LogP contribution in [0.5, 0.6) is 0 Å². The number of carboxylic acid groups (broad SMARTS) is 1. The molecule has 0 saturated carbocycles. The molecule has 1 amide bonds. The molecule has 2 N–H and O–H groups in total. The molecule has 0 aliphatic rings. The molecule has 0 radical (unpaired) electrons. The van der Waals surface area contributed by atoms with Crippen LogP contribution in [0.3, 0.4) is 0 Å². The van der Waals surface area contributed by atoms with Crippen molar-refractivity contribution >= 4 is 23.5 Å². The van der Waals surface area contributed by atoms with Gasteiger partial charge in [0.25, 0.3) is 5.91 Å². The van der Waals surface area contributed by atoms with Gasteiger partial charge in [0.15, 0.2) is 0 Å². The SMILES string of the molecule is CC(C)n1c(CC[C@@H](O)C[C@@H](O)CC(=O)[O-])c(-c2ccc(F)cc2)c(-c2ccccc2)c1C(=O)N(c1ccccn1)c1ccccn1.[Na+]. The number of benzene rings is 2. The Morgan fingerprint density at radius 2 is 1.38 bits per heavy atom. The Morgan fingerprint density at radius 1 is 0.812 bits per heavy atom. The first-order chi connectivity index (χ1) is 22.7. The maximum absolute atomic E-state index is 15.1. The zero-order chi connectivity index (χ0) is 33.5. The second-order valence-electron chi connectivity index (χ2n) is 11.6. The van der Waals surface area contributed by atoms with Crippen LogP contribution in [0.15, 0.2) is 103 Å². The van der Waals surface area contributed by atoms with Crippen LogP contribution in [0, 0.1) is 5.82 Å². The molecular formula is C37H36FN4NaO5. The molecule has 3 heterocycles. The number of carbonyl (C=O) groups is 2. The van der Waals surface area contributed by atoms with Gasteiger partial charge in [-0.05, 0) is 80.6 Å². The van der Waals surface area contributed by atoms with Gasteiger partial charge >= 0.3 is 29.6 Å². The van der Waals surface area contributed by atoms with E-state index < -0.39 is 36.3 Å². The summed E-state index contributed by atoms with van der Waals surface area (Å²) in [5.74, 6) is -1.47. The summed E-state index contributed by atoms with van der Waals surface area (Å²) >= 11 is 0. The molecular weight excluding hydrogens is 622 g/mol. The largest absolute Gasteiger partial charge is 1.00 e. The first kappa shape index (κ1) is 36.6. The first-order valence-corrected chi connectivity index (χ1v) is 15.5. The van der Waals surface area contributed by atoms with E-state index >= 15 is 4.79 Å². The van der Waals surface area contributed by atoms with Gasteiger partial charge in [-0.25, -0.2) is 19.3 Å². The number of carboxylic acids is 1. The fraction of sp³-hybridized carbons (Fsp3) is 0.243. The molecule has 9 nitrogen and oxygen atoms in total. The van der Waals surface area contributed by atoms with Crippen LogP contribution in [-0.4, -0.2) is 48.8 Å². The number of aliphatic carboxylic acids is 1. The van der Waals surface area contributed by atoms with Crippen molar-refractivity contribution in [1.82, 2.24) is 14.5 Å². The summed E-state index contributed by atoms with van der Waals surface area (Å²) in [5.41, 5.74) is 3.80. The molecule has 0 unspecified atom stereocenters. The summed E-state index contributed by atoms with van der Waals surface area (Å²) in [4.78, 5) is 36.6. The van der Waals surface area contributed by atoms with E-state index in [1.54, 1.807) is 60.9 Å². The first-order valence-electron chi connectivity index (χ1n) is 15.5. The van der Waals surface area contributed by atoms with Crippen molar-refractivity contribution in [2.75, 3.05) is 4.90 Å². The molecule has 2 atom stereocenters. The Balaban J connectivity index is 0.00000520. The van der Waals surface area contributed by atoms with Crippen molar-refractivity contribution in [3.8, 4) is 22.3 Å². The van der Waals surface area contributed by atoms with Crippen molar-refractivity contribution in [2.45, 2.75) is 57.8 Å². The summed E-state index contributed by atoms with van der Waals surface area (Å²) in [6, 6.07) is 25.8. The molecule has 0 aliphatic carbocycles. The third-order valence-electron chi connectivity index (χ3n) is 7.84.